The quantitative estimate of drug-likeness (QED) is 0.319. The van der Waals surface area contributed by atoms with Crippen molar-refractivity contribution >= 4 is 0 Å². The highest BCUT2D eigenvalue weighted by atomic mass is 16.7. The Morgan fingerprint density at radius 3 is 2.23 bits per heavy atom. The fraction of sp³-hybridized carbons (Fsp3) is 0.591. The summed E-state index contributed by atoms with van der Waals surface area (Å²) in [7, 11) is 0. The first-order valence-corrected chi connectivity index (χ1v) is 18.3. The van der Waals surface area contributed by atoms with Crippen LogP contribution < -0.4 is 0 Å². The molecule has 1 fully saturated rings. The van der Waals surface area contributed by atoms with Gasteiger partial charge in [0.15, 0.2) is 6.23 Å². The second-order valence-corrected chi connectivity index (χ2v) is 19.1. The number of hydrogen-bond donors (Lipinski definition) is 0. The van der Waals surface area contributed by atoms with E-state index in [0.29, 0.717) is 11.9 Å². The lowest BCUT2D eigenvalue weighted by Crippen LogP contribution is -2.54. The molecule has 0 spiro atoms. The van der Waals surface area contributed by atoms with Gasteiger partial charge >= 0.3 is 0 Å². The van der Waals surface area contributed by atoms with Gasteiger partial charge in [0.25, 0.3) is 5.95 Å². The van der Waals surface area contributed by atoms with E-state index < -0.39 is 0 Å². The Morgan fingerprint density at radius 1 is 0.896 bits per heavy atom. The Bertz CT molecular complexity index is 1740. The molecule has 4 heterocycles. The summed E-state index contributed by atoms with van der Waals surface area (Å²) in [6, 6.07) is 5.19. The highest BCUT2D eigenvalue weighted by Gasteiger charge is 2.79. The summed E-state index contributed by atoms with van der Waals surface area (Å²) < 4.78 is 19.7. The molecule has 6 aliphatic rings. The van der Waals surface area contributed by atoms with Crippen molar-refractivity contribution in [1.82, 2.24) is 4.90 Å². The normalized spacial score (nSPS) is 35.3. The number of aryl methyl sites for hydroxylation is 1. The monoisotopic (exact) mass is 649 g/mol. The van der Waals surface area contributed by atoms with Gasteiger partial charge in [0, 0.05) is 40.1 Å². The number of benzene rings is 1. The summed E-state index contributed by atoms with van der Waals surface area (Å²) in [6.07, 6.45) is 16.0. The van der Waals surface area contributed by atoms with Crippen molar-refractivity contribution in [2.75, 3.05) is 0 Å². The topological polar surface area (TPSA) is 30.9 Å². The van der Waals surface area contributed by atoms with Gasteiger partial charge in [0.2, 0.25) is 0 Å². The minimum atomic E-state index is -0.189. The van der Waals surface area contributed by atoms with Gasteiger partial charge in [-0.3, -0.25) is 4.90 Å². The number of ether oxygens (including phenoxy) is 3. The summed E-state index contributed by atoms with van der Waals surface area (Å²) in [5.74, 6) is 3.20. The highest BCUT2D eigenvalue weighted by molar-refractivity contribution is 5.61. The highest BCUT2D eigenvalue weighted by Crippen LogP contribution is 2.74. The van der Waals surface area contributed by atoms with Crippen molar-refractivity contribution in [3.05, 3.63) is 105 Å². The van der Waals surface area contributed by atoms with Gasteiger partial charge in [0.05, 0.1) is 0 Å². The molecule has 4 heteroatoms. The number of hydrogen-bond acceptors (Lipinski definition) is 4. The van der Waals surface area contributed by atoms with E-state index in [1.165, 1.54) is 39.0 Å². The Labute approximate surface area is 290 Å². The minimum absolute atomic E-state index is 0.0105. The maximum absolute atomic E-state index is 7.23. The van der Waals surface area contributed by atoms with Crippen LogP contribution in [0.1, 0.15) is 131 Å². The van der Waals surface area contributed by atoms with E-state index in [-0.39, 0.29) is 51.5 Å². The summed E-state index contributed by atoms with van der Waals surface area (Å²) in [5, 5.41) is 0. The van der Waals surface area contributed by atoms with E-state index >= 15 is 0 Å². The Kier molecular flexibility index (Phi) is 7.34. The molecule has 1 aromatic carbocycles. The van der Waals surface area contributed by atoms with Crippen LogP contribution in [0.15, 0.2) is 82.8 Å². The maximum atomic E-state index is 7.23. The predicted molar refractivity (Wildman–Crippen MR) is 196 cm³/mol. The van der Waals surface area contributed by atoms with E-state index in [0.717, 1.165) is 24.4 Å². The lowest BCUT2D eigenvalue weighted by molar-refractivity contribution is -0.0627. The van der Waals surface area contributed by atoms with Crippen molar-refractivity contribution in [3.8, 4) is 0 Å². The van der Waals surface area contributed by atoms with Crippen molar-refractivity contribution in [2.24, 2.45) is 22.7 Å². The van der Waals surface area contributed by atoms with Crippen molar-refractivity contribution in [1.29, 1.82) is 0 Å². The zero-order valence-electron chi connectivity index (χ0n) is 32.1. The van der Waals surface area contributed by atoms with E-state index in [1.807, 2.05) is 13.0 Å². The van der Waals surface area contributed by atoms with E-state index in [4.69, 9.17) is 14.2 Å². The van der Waals surface area contributed by atoms with Crippen molar-refractivity contribution in [3.63, 3.8) is 0 Å². The van der Waals surface area contributed by atoms with Gasteiger partial charge in [-0.15, -0.1) is 0 Å². The molecular weight excluding hydrogens is 590 g/mol. The number of rotatable bonds is 2. The van der Waals surface area contributed by atoms with E-state index in [9.17, 15) is 0 Å². The molecule has 1 saturated carbocycles. The summed E-state index contributed by atoms with van der Waals surface area (Å²) in [6.45, 7) is 32.5. The minimum Gasteiger partial charge on any atom is -0.470 e. The molecule has 4 nitrogen and oxygen atoms in total. The van der Waals surface area contributed by atoms with Gasteiger partial charge in [-0.2, -0.15) is 0 Å². The Hall–Kier alpha value is -2.98. The first-order valence-electron chi connectivity index (χ1n) is 18.3. The van der Waals surface area contributed by atoms with Crippen LogP contribution in [0, 0.1) is 29.6 Å². The molecule has 0 N–H and O–H groups in total. The smallest absolute Gasteiger partial charge is 0.281 e. The molecule has 258 valence electrons. The van der Waals surface area contributed by atoms with Gasteiger partial charge < -0.3 is 14.2 Å². The summed E-state index contributed by atoms with van der Waals surface area (Å²) >= 11 is 0. The van der Waals surface area contributed by atoms with Gasteiger partial charge in [-0.1, -0.05) is 105 Å². The summed E-state index contributed by atoms with van der Waals surface area (Å²) in [5.41, 5.74) is 9.80. The first-order chi connectivity index (χ1) is 22.1. The first kappa shape index (κ1) is 33.5. The average Bonchev–Trinajstić information content (AvgIpc) is 3.24. The number of nitrogens with zero attached hydrogens (tertiary/aromatic N) is 1. The van der Waals surface area contributed by atoms with Crippen molar-refractivity contribution < 1.29 is 14.2 Å². The molecule has 1 aromatic rings. The zero-order chi connectivity index (χ0) is 34.9. The lowest BCUT2D eigenvalue weighted by atomic mass is 9.69. The molecule has 4 aliphatic heterocycles. The summed E-state index contributed by atoms with van der Waals surface area (Å²) in [4.78, 5) is 2.75. The molecule has 7 atom stereocenters. The third kappa shape index (κ3) is 5.02. The third-order valence-electron chi connectivity index (χ3n) is 12.7. The molecule has 7 rings (SSSR count). The maximum Gasteiger partial charge on any atom is 0.281 e. The largest absolute Gasteiger partial charge is 0.470 e. The van der Waals surface area contributed by atoms with Crippen LogP contribution in [0.4, 0.5) is 0 Å². The van der Waals surface area contributed by atoms with Crippen LogP contribution in [0.3, 0.4) is 0 Å². The van der Waals surface area contributed by atoms with Gasteiger partial charge in [-0.25, -0.2) is 0 Å². The zero-order valence-corrected chi connectivity index (χ0v) is 32.1. The van der Waals surface area contributed by atoms with Crippen LogP contribution >= 0.6 is 0 Å². The molecule has 48 heavy (non-hydrogen) atoms. The SMILES string of the molecule is CC1=CC(C)O/C(=C\C2C3(C)c4c(C)cc(C(C)(C)C)cc4C4CC=C5C=C(C6=CC(C(C)(C)C)CC(C(C)(C)C)=C6)OC5N4C23C)O1. The number of fused-ring (bicyclic) bond motifs is 8. The Balaban J connectivity index is 1.34. The van der Waals surface area contributed by atoms with Crippen LogP contribution in [0.25, 0.3) is 0 Å². The third-order valence-corrected chi connectivity index (χ3v) is 12.7. The van der Waals surface area contributed by atoms with Crippen LogP contribution in [0.2, 0.25) is 0 Å². The van der Waals surface area contributed by atoms with Crippen LogP contribution in [-0.4, -0.2) is 22.8 Å². The van der Waals surface area contributed by atoms with Gasteiger partial charge in [-0.05, 0) is 97.1 Å². The second-order valence-electron chi connectivity index (χ2n) is 19.1. The lowest BCUT2D eigenvalue weighted by Gasteiger charge is -2.50. The fourth-order valence-electron chi connectivity index (χ4n) is 9.56. The standard InChI is InChI=1S/C44H59NO3/c1-25-17-30(40(4,5)6)23-33-34-16-15-28-21-35(29-19-31(41(7,8)9)22-32(20-29)42(10,11)12)48-39(28)45(34)44(14)36(43(44,13)38(25)33)24-37-46-26(2)18-27(3)47-37/h15,17-21,23-24,26,31,34,36,39H,16,22H2,1-14H3/b37-24+. The molecular formula is C44H59NO3. The molecule has 0 radical (unpaired) electrons. The molecule has 0 amide bonds. The molecule has 0 saturated heterocycles. The molecule has 0 aromatic heterocycles. The molecule has 0 bridgehead atoms. The Morgan fingerprint density at radius 2 is 1.60 bits per heavy atom. The van der Waals surface area contributed by atoms with Crippen LogP contribution in [-0.2, 0) is 25.0 Å². The molecule has 2 aliphatic carbocycles. The second kappa shape index (κ2) is 10.5. The van der Waals surface area contributed by atoms with Crippen molar-refractivity contribution in [2.45, 2.75) is 145 Å². The number of allylic oxidation sites excluding steroid dienone is 4. The van der Waals surface area contributed by atoms with Crippen LogP contribution in [0.5, 0.6) is 0 Å². The van der Waals surface area contributed by atoms with Gasteiger partial charge in [0.1, 0.15) is 17.6 Å². The molecule has 7 unspecified atom stereocenters. The van der Waals surface area contributed by atoms with E-state index in [1.54, 1.807) is 0 Å². The fourth-order valence-corrected chi connectivity index (χ4v) is 9.56. The van der Waals surface area contributed by atoms with E-state index in [2.05, 4.69) is 137 Å². The average molecular weight is 650 g/mol. The predicted octanol–water partition coefficient (Wildman–Crippen LogP) is 11.0.